The number of nitrogens with zero attached hydrogens (tertiary/aromatic N) is 2. The molecule has 0 saturated carbocycles. The van der Waals surface area contributed by atoms with Crippen molar-refractivity contribution in [3.8, 4) is 0 Å². The van der Waals surface area contributed by atoms with Crippen LogP contribution in [0.1, 0.15) is 12.5 Å². The highest BCUT2D eigenvalue weighted by Gasteiger charge is 2.01. The van der Waals surface area contributed by atoms with Crippen LogP contribution in [0, 0.1) is 10.1 Å². The fourth-order valence-electron chi connectivity index (χ4n) is 0.831. The fraction of sp³-hybridized carbons (Fsp3) is 0.250. The van der Waals surface area contributed by atoms with E-state index in [0.717, 1.165) is 11.8 Å². The van der Waals surface area contributed by atoms with Gasteiger partial charge < -0.3 is 4.84 Å². The van der Waals surface area contributed by atoms with E-state index in [9.17, 15) is 14.9 Å². The highest BCUT2D eigenvalue weighted by molar-refractivity contribution is 8.13. The first kappa shape index (κ1) is 11.4. The van der Waals surface area contributed by atoms with E-state index >= 15 is 0 Å². The molecule has 0 aliphatic rings. The van der Waals surface area contributed by atoms with Crippen LogP contribution in [0.4, 0.5) is 0 Å². The Morgan fingerprint density at radius 1 is 1.67 bits per heavy atom. The van der Waals surface area contributed by atoms with Gasteiger partial charge in [-0.2, -0.15) is 0 Å². The van der Waals surface area contributed by atoms with Gasteiger partial charge in [0.05, 0.1) is 0 Å². The average Bonchev–Trinajstić information content (AvgIpc) is 2.16. The van der Waals surface area contributed by atoms with Crippen molar-refractivity contribution in [2.45, 2.75) is 18.6 Å². The Hall–Kier alpha value is -1.63. The molecule has 0 aromatic carbocycles. The highest BCUT2D eigenvalue weighted by Crippen LogP contribution is 2.15. The summed E-state index contributed by atoms with van der Waals surface area (Å²) >= 11 is 1.01. The van der Waals surface area contributed by atoms with E-state index in [-0.39, 0.29) is 11.7 Å². The summed E-state index contributed by atoms with van der Waals surface area (Å²) in [5.74, 6) is 0. The summed E-state index contributed by atoms with van der Waals surface area (Å²) in [6.07, 6.45) is 1.44. The highest BCUT2D eigenvalue weighted by atomic mass is 32.2. The molecule has 0 bridgehead atoms. The van der Waals surface area contributed by atoms with Crippen molar-refractivity contribution in [3.05, 3.63) is 34.0 Å². The maximum absolute atomic E-state index is 10.7. The minimum absolute atomic E-state index is 0.0585. The molecule has 0 unspecified atom stereocenters. The first-order valence-electron chi connectivity index (χ1n) is 3.98. The van der Waals surface area contributed by atoms with E-state index in [0.29, 0.717) is 10.6 Å². The van der Waals surface area contributed by atoms with E-state index in [1.54, 1.807) is 12.1 Å². The van der Waals surface area contributed by atoms with Crippen molar-refractivity contribution in [3.63, 3.8) is 0 Å². The number of pyridine rings is 1. The van der Waals surface area contributed by atoms with Crippen LogP contribution in [0.3, 0.4) is 0 Å². The molecular weight excluding hydrogens is 220 g/mol. The molecule has 1 aromatic heterocycles. The predicted octanol–water partition coefficient (Wildman–Crippen LogP) is 1.43. The van der Waals surface area contributed by atoms with E-state index in [1.165, 1.54) is 13.1 Å². The Balaban J connectivity index is 2.56. The van der Waals surface area contributed by atoms with Gasteiger partial charge in [0.15, 0.2) is 5.12 Å². The maximum Gasteiger partial charge on any atom is 0.294 e. The third-order valence-electron chi connectivity index (χ3n) is 1.38. The van der Waals surface area contributed by atoms with Crippen LogP contribution in [0.2, 0.25) is 0 Å². The normalized spacial score (nSPS) is 9.67. The summed E-state index contributed by atoms with van der Waals surface area (Å²) < 4.78 is 0. The second-order valence-corrected chi connectivity index (χ2v) is 3.79. The van der Waals surface area contributed by atoms with Crippen molar-refractivity contribution in [1.82, 2.24) is 4.98 Å². The molecule has 6 nitrogen and oxygen atoms in total. The zero-order valence-corrected chi connectivity index (χ0v) is 8.69. The van der Waals surface area contributed by atoms with Crippen molar-refractivity contribution in [2.24, 2.45) is 0 Å². The second kappa shape index (κ2) is 5.30. The molecule has 0 aliphatic carbocycles. The quantitative estimate of drug-likeness (QED) is 0.440. The molecule has 0 atom stereocenters. The minimum atomic E-state index is -0.863. The van der Waals surface area contributed by atoms with Crippen molar-refractivity contribution >= 4 is 16.9 Å². The fourth-order valence-corrected chi connectivity index (χ4v) is 1.37. The summed E-state index contributed by atoms with van der Waals surface area (Å²) in [6, 6.07) is 3.24. The number of carbonyl (C=O) groups excluding carboxylic acids is 1. The van der Waals surface area contributed by atoms with E-state index in [2.05, 4.69) is 9.82 Å². The lowest BCUT2D eigenvalue weighted by Gasteiger charge is -2.00. The summed E-state index contributed by atoms with van der Waals surface area (Å²) in [7, 11) is 0. The largest absolute Gasteiger partial charge is 0.309 e. The van der Waals surface area contributed by atoms with Crippen LogP contribution < -0.4 is 0 Å². The Labute approximate surface area is 89.8 Å². The summed E-state index contributed by atoms with van der Waals surface area (Å²) in [6.45, 7) is 1.31. The Morgan fingerprint density at radius 3 is 2.87 bits per heavy atom. The van der Waals surface area contributed by atoms with Gasteiger partial charge in [0.2, 0.25) is 0 Å². The molecule has 7 heteroatoms. The number of carbonyl (C=O) groups is 1. The Kier molecular flexibility index (Phi) is 4.04. The van der Waals surface area contributed by atoms with Gasteiger partial charge >= 0.3 is 0 Å². The number of rotatable bonds is 4. The molecule has 0 radical (unpaired) electrons. The molecule has 0 fully saturated rings. The van der Waals surface area contributed by atoms with E-state index < -0.39 is 5.09 Å². The molecule has 0 spiro atoms. The molecule has 1 heterocycles. The van der Waals surface area contributed by atoms with Gasteiger partial charge in [-0.3, -0.25) is 4.79 Å². The van der Waals surface area contributed by atoms with Crippen molar-refractivity contribution in [1.29, 1.82) is 0 Å². The van der Waals surface area contributed by atoms with Crippen molar-refractivity contribution < 1.29 is 14.7 Å². The van der Waals surface area contributed by atoms with Crippen LogP contribution in [0.25, 0.3) is 0 Å². The topological polar surface area (TPSA) is 82.3 Å². The van der Waals surface area contributed by atoms with Crippen LogP contribution >= 0.6 is 11.8 Å². The standard InChI is InChI=1S/C8H8N2O4S/c1-6(11)15-8-3-2-7(4-9-8)5-14-10(12)13/h2-4H,5H2,1H3. The first-order chi connectivity index (χ1) is 7.08. The molecule has 1 rings (SSSR count). The second-order valence-electron chi connectivity index (χ2n) is 2.60. The first-order valence-corrected chi connectivity index (χ1v) is 4.80. The molecule has 1 aromatic rings. The number of hydrogen-bond acceptors (Lipinski definition) is 6. The van der Waals surface area contributed by atoms with Crippen LogP contribution in [-0.2, 0) is 16.2 Å². The number of thioether (sulfide) groups is 1. The van der Waals surface area contributed by atoms with Crippen LogP contribution in [0.15, 0.2) is 23.4 Å². The Morgan fingerprint density at radius 2 is 2.40 bits per heavy atom. The van der Waals surface area contributed by atoms with E-state index in [4.69, 9.17) is 0 Å². The molecular formula is C8H8N2O4S. The third-order valence-corrected chi connectivity index (χ3v) is 2.12. The van der Waals surface area contributed by atoms with Gasteiger partial charge in [-0.05, 0) is 23.4 Å². The average molecular weight is 228 g/mol. The lowest BCUT2D eigenvalue weighted by molar-refractivity contribution is -0.763. The van der Waals surface area contributed by atoms with Gasteiger partial charge in [-0.25, -0.2) is 4.98 Å². The van der Waals surface area contributed by atoms with Gasteiger partial charge in [-0.15, -0.1) is 10.1 Å². The van der Waals surface area contributed by atoms with Crippen LogP contribution in [-0.4, -0.2) is 15.2 Å². The SMILES string of the molecule is CC(=O)Sc1ccc(CO[N+](=O)[O-])cn1. The molecule has 0 saturated heterocycles. The zero-order valence-electron chi connectivity index (χ0n) is 7.87. The van der Waals surface area contributed by atoms with Gasteiger partial charge in [0, 0.05) is 13.1 Å². The van der Waals surface area contributed by atoms with Gasteiger partial charge in [0.25, 0.3) is 5.09 Å². The van der Waals surface area contributed by atoms with E-state index in [1.807, 2.05) is 0 Å². The van der Waals surface area contributed by atoms with Gasteiger partial charge in [-0.1, -0.05) is 6.07 Å². The third kappa shape index (κ3) is 4.41. The Bertz CT molecular complexity index is 365. The molecule has 0 aliphatic heterocycles. The smallest absolute Gasteiger partial charge is 0.294 e. The van der Waals surface area contributed by atoms with Crippen molar-refractivity contribution in [2.75, 3.05) is 0 Å². The maximum atomic E-state index is 10.7. The summed E-state index contributed by atoms with van der Waals surface area (Å²) in [5.41, 5.74) is 0.583. The number of hydrogen-bond donors (Lipinski definition) is 0. The van der Waals surface area contributed by atoms with Crippen LogP contribution in [0.5, 0.6) is 0 Å². The lowest BCUT2D eigenvalue weighted by Crippen LogP contribution is -2.00. The molecule has 0 N–H and O–H groups in total. The predicted molar refractivity (Wildman–Crippen MR) is 52.6 cm³/mol. The molecule has 80 valence electrons. The zero-order chi connectivity index (χ0) is 11.3. The summed E-state index contributed by atoms with van der Waals surface area (Å²) in [5, 5.41) is 9.54. The molecule has 0 amide bonds. The minimum Gasteiger partial charge on any atom is -0.309 e. The number of aromatic nitrogens is 1. The van der Waals surface area contributed by atoms with Gasteiger partial charge in [0.1, 0.15) is 11.6 Å². The summed E-state index contributed by atoms with van der Waals surface area (Å²) in [4.78, 5) is 28.7. The lowest BCUT2D eigenvalue weighted by atomic mass is 10.3. The monoisotopic (exact) mass is 228 g/mol. The molecule has 15 heavy (non-hydrogen) atoms.